The van der Waals surface area contributed by atoms with Gasteiger partial charge in [0.1, 0.15) is 11.6 Å². The molecule has 1 N–H and O–H groups in total. The average Bonchev–Trinajstić information content (AvgIpc) is 2.62. The minimum Gasteiger partial charge on any atom is -0.351 e. The fourth-order valence-corrected chi connectivity index (χ4v) is 3.00. The maximum Gasteiger partial charge on any atom is 0.234 e. The molecule has 1 aliphatic heterocycles. The van der Waals surface area contributed by atoms with Crippen molar-refractivity contribution in [2.24, 2.45) is 0 Å². The third kappa shape index (κ3) is 5.57. The number of rotatable bonds is 6. The number of hydrogen-bond donors (Lipinski definition) is 1. The molecule has 1 aromatic carbocycles. The van der Waals surface area contributed by atoms with Gasteiger partial charge in [-0.3, -0.25) is 19.6 Å². The molecule has 1 saturated heterocycles. The van der Waals surface area contributed by atoms with Crippen molar-refractivity contribution in [3.8, 4) is 0 Å². The minimum atomic E-state index is -0.640. The highest BCUT2D eigenvalue weighted by Crippen LogP contribution is 2.08. The molecule has 0 spiro atoms. The zero-order valence-corrected chi connectivity index (χ0v) is 14.5. The second-order valence-electron chi connectivity index (χ2n) is 6.43. The standard InChI is InChI=1S/C19H22F2N4O/c20-16-9-15(10-17(21)11-16)12-23-19(26)14-25-7-5-24(6-8-25)13-18-3-1-2-4-22-18/h1-4,9-11H,5-8,12-14H2,(H,23,26). The summed E-state index contributed by atoms with van der Waals surface area (Å²) in [4.78, 5) is 20.8. The predicted molar refractivity (Wildman–Crippen MR) is 94.2 cm³/mol. The number of benzene rings is 1. The molecule has 26 heavy (non-hydrogen) atoms. The summed E-state index contributed by atoms with van der Waals surface area (Å²) in [6.45, 7) is 4.57. The summed E-state index contributed by atoms with van der Waals surface area (Å²) in [6.07, 6.45) is 1.79. The van der Waals surface area contributed by atoms with E-state index >= 15 is 0 Å². The maximum atomic E-state index is 13.1. The molecule has 0 unspecified atom stereocenters. The topological polar surface area (TPSA) is 48.5 Å². The van der Waals surface area contributed by atoms with Crippen molar-refractivity contribution in [2.45, 2.75) is 13.1 Å². The lowest BCUT2D eigenvalue weighted by molar-refractivity contribution is -0.122. The molecule has 1 aromatic heterocycles. The van der Waals surface area contributed by atoms with Crippen LogP contribution in [0.2, 0.25) is 0 Å². The molecule has 3 rings (SSSR count). The molecule has 0 atom stereocenters. The number of carbonyl (C=O) groups excluding carboxylic acids is 1. The van der Waals surface area contributed by atoms with Crippen LogP contribution in [-0.2, 0) is 17.9 Å². The molecule has 7 heteroatoms. The molecule has 138 valence electrons. The lowest BCUT2D eigenvalue weighted by atomic mass is 10.2. The van der Waals surface area contributed by atoms with Crippen LogP contribution >= 0.6 is 0 Å². The van der Waals surface area contributed by atoms with Gasteiger partial charge in [-0.15, -0.1) is 0 Å². The average molecular weight is 360 g/mol. The van der Waals surface area contributed by atoms with Crippen molar-refractivity contribution in [3.63, 3.8) is 0 Å². The zero-order valence-electron chi connectivity index (χ0n) is 14.5. The molecule has 0 saturated carbocycles. The Morgan fingerprint density at radius 2 is 1.73 bits per heavy atom. The van der Waals surface area contributed by atoms with Gasteiger partial charge in [0.05, 0.1) is 12.2 Å². The van der Waals surface area contributed by atoms with Crippen LogP contribution in [0.1, 0.15) is 11.3 Å². The van der Waals surface area contributed by atoms with E-state index in [0.717, 1.165) is 44.5 Å². The molecule has 0 bridgehead atoms. The van der Waals surface area contributed by atoms with E-state index in [1.807, 2.05) is 18.2 Å². The van der Waals surface area contributed by atoms with Gasteiger partial charge in [-0.2, -0.15) is 0 Å². The van der Waals surface area contributed by atoms with E-state index < -0.39 is 11.6 Å². The molecule has 0 radical (unpaired) electrons. The summed E-state index contributed by atoms with van der Waals surface area (Å²) in [6, 6.07) is 9.15. The van der Waals surface area contributed by atoms with Gasteiger partial charge < -0.3 is 5.32 Å². The highest BCUT2D eigenvalue weighted by Gasteiger charge is 2.19. The molecule has 2 aromatic rings. The van der Waals surface area contributed by atoms with E-state index in [2.05, 4.69) is 20.1 Å². The van der Waals surface area contributed by atoms with Crippen LogP contribution in [0.5, 0.6) is 0 Å². The number of pyridine rings is 1. The predicted octanol–water partition coefficient (Wildman–Crippen LogP) is 1.79. The quantitative estimate of drug-likeness (QED) is 0.853. The first-order chi connectivity index (χ1) is 12.6. The Kier molecular flexibility index (Phi) is 6.25. The Bertz CT molecular complexity index is 713. The number of carbonyl (C=O) groups is 1. The largest absolute Gasteiger partial charge is 0.351 e. The van der Waals surface area contributed by atoms with Gasteiger partial charge in [-0.05, 0) is 29.8 Å². The van der Waals surface area contributed by atoms with Crippen molar-refractivity contribution in [1.29, 1.82) is 0 Å². The lowest BCUT2D eigenvalue weighted by Crippen LogP contribution is -2.49. The van der Waals surface area contributed by atoms with E-state index in [1.165, 1.54) is 12.1 Å². The summed E-state index contributed by atoms with van der Waals surface area (Å²) in [5.74, 6) is -1.43. The molecule has 2 heterocycles. The number of amides is 1. The Balaban J connectivity index is 1.39. The first-order valence-electron chi connectivity index (χ1n) is 8.65. The Hall–Kier alpha value is -2.38. The van der Waals surface area contributed by atoms with Crippen LogP contribution in [-0.4, -0.2) is 53.4 Å². The summed E-state index contributed by atoms with van der Waals surface area (Å²) >= 11 is 0. The van der Waals surface area contributed by atoms with E-state index in [1.54, 1.807) is 6.20 Å². The number of nitrogens with zero attached hydrogens (tertiary/aromatic N) is 3. The second kappa shape index (κ2) is 8.82. The SMILES string of the molecule is O=C(CN1CCN(Cc2ccccn2)CC1)NCc1cc(F)cc(F)c1. The second-order valence-corrected chi connectivity index (χ2v) is 6.43. The summed E-state index contributed by atoms with van der Waals surface area (Å²) < 4.78 is 26.3. The lowest BCUT2D eigenvalue weighted by Gasteiger charge is -2.34. The van der Waals surface area contributed by atoms with Crippen LogP contribution < -0.4 is 5.32 Å². The number of aromatic nitrogens is 1. The van der Waals surface area contributed by atoms with Gasteiger partial charge in [0.25, 0.3) is 0 Å². The van der Waals surface area contributed by atoms with Crippen LogP contribution in [0.25, 0.3) is 0 Å². The fraction of sp³-hybridized carbons (Fsp3) is 0.368. The van der Waals surface area contributed by atoms with E-state index in [4.69, 9.17) is 0 Å². The van der Waals surface area contributed by atoms with Crippen LogP contribution in [0.3, 0.4) is 0 Å². The van der Waals surface area contributed by atoms with Gasteiger partial charge in [0.2, 0.25) is 5.91 Å². The van der Waals surface area contributed by atoms with Gasteiger partial charge in [-0.25, -0.2) is 8.78 Å². The highest BCUT2D eigenvalue weighted by atomic mass is 19.1. The van der Waals surface area contributed by atoms with Gasteiger partial charge in [0, 0.05) is 51.5 Å². The third-order valence-corrected chi connectivity index (χ3v) is 4.36. The van der Waals surface area contributed by atoms with Crippen LogP contribution in [0, 0.1) is 11.6 Å². The summed E-state index contributed by atoms with van der Waals surface area (Å²) in [5, 5.41) is 2.71. The van der Waals surface area contributed by atoms with Crippen molar-refractivity contribution in [3.05, 3.63) is 65.5 Å². The van der Waals surface area contributed by atoms with Crippen LogP contribution in [0.4, 0.5) is 8.78 Å². The molecular weight excluding hydrogens is 338 g/mol. The van der Waals surface area contributed by atoms with E-state index in [0.29, 0.717) is 5.56 Å². The van der Waals surface area contributed by atoms with Crippen molar-refractivity contribution >= 4 is 5.91 Å². The van der Waals surface area contributed by atoms with Crippen molar-refractivity contribution < 1.29 is 13.6 Å². The normalized spacial score (nSPS) is 15.8. The van der Waals surface area contributed by atoms with E-state index in [-0.39, 0.29) is 19.0 Å². The van der Waals surface area contributed by atoms with Crippen LogP contribution in [0.15, 0.2) is 42.6 Å². The van der Waals surface area contributed by atoms with Gasteiger partial charge >= 0.3 is 0 Å². The maximum absolute atomic E-state index is 13.1. The fourth-order valence-electron chi connectivity index (χ4n) is 3.00. The first-order valence-corrected chi connectivity index (χ1v) is 8.65. The number of piperazine rings is 1. The Morgan fingerprint density at radius 1 is 1.04 bits per heavy atom. The molecule has 0 aliphatic carbocycles. The van der Waals surface area contributed by atoms with E-state index in [9.17, 15) is 13.6 Å². The summed E-state index contributed by atoms with van der Waals surface area (Å²) in [5.41, 5.74) is 1.46. The third-order valence-electron chi connectivity index (χ3n) is 4.36. The van der Waals surface area contributed by atoms with Crippen molar-refractivity contribution in [1.82, 2.24) is 20.1 Å². The zero-order chi connectivity index (χ0) is 18.4. The van der Waals surface area contributed by atoms with Crippen molar-refractivity contribution in [2.75, 3.05) is 32.7 Å². The smallest absolute Gasteiger partial charge is 0.234 e. The monoisotopic (exact) mass is 360 g/mol. The highest BCUT2D eigenvalue weighted by molar-refractivity contribution is 5.78. The number of halogens is 2. The molecule has 5 nitrogen and oxygen atoms in total. The van der Waals surface area contributed by atoms with Gasteiger partial charge in [-0.1, -0.05) is 6.07 Å². The summed E-state index contributed by atoms with van der Waals surface area (Å²) in [7, 11) is 0. The Labute approximate surface area is 151 Å². The van der Waals surface area contributed by atoms with Gasteiger partial charge in [0.15, 0.2) is 0 Å². The number of hydrogen-bond acceptors (Lipinski definition) is 4. The minimum absolute atomic E-state index is 0.118. The number of nitrogens with one attached hydrogen (secondary N) is 1. The molecule has 1 fully saturated rings. The molecule has 1 aliphatic rings. The Morgan fingerprint density at radius 3 is 2.38 bits per heavy atom. The molecular formula is C19H22F2N4O. The first kappa shape index (κ1) is 18.4. The molecule has 1 amide bonds.